The summed E-state index contributed by atoms with van der Waals surface area (Å²) < 4.78 is 5.27. The van der Waals surface area contributed by atoms with E-state index in [9.17, 15) is 19.8 Å². The number of aliphatic carboxylic acids is 1. The number of phenolic OH excluding ortho intramolecular Hbond substituents is 2. The molecule has 108 valence electrons. The first-order valence-corrected chi connectivity index (χ1v) is 6.12. The maximum Gasteiger partial charge on any atom is 0.306 e. The molecule has 0 aromatic heterocycles. The van der Waals surface area contributed by atoms with Crippen LogP contribution in [0.15, 0.2) is 18.2 Å². The van der Waals surface area contributed by atoms with Gasteiger partial charge in [-0.05, 0) is 18.2 Å². The maximum absolute atomic E-state index is 12.3. The SMILES string of the molecule is O=C(O)CC1CN(C(=O)c2cc(O)ccc2O)CCO1. The Morgan fingerprint density at radius 2 is 2.10 bits per heavy atom. The van der Waals surface area contributed by atoms with Gasteiger partial charge in [-0.15, -0.1) is 0 Å². The van der Waals surface area contributed by atoms with Crippen LogP contribution in [0.4, 0.5) is 0 Å². The van der Waals surface area contributed by atoms with Gasteiger partial charge in [-0.3, -0.25) is 9.59 Å². The fourth-order valence-electron chi connectivity index (χ4n) is 2.09. The van der Waals surface area contributed by atoms with Crippen molar-refractivity contribution in [3.8, 4) is 11.5 Å². The molecule has 1 aromatic rings. The lowest BCUT2D eigenvalue weighted by Crippen LogP contribution is -2.46. The number of benzene rings is 1. The number of nitrogens with zero attached hydrogens (tertiary/aromatic N) is 1. The Balaban J connectivity index is 2.12. The lowest BCUT2D eigenvalue weighted by molar-refractivity contribution is -0.141. The van der Waals surface area contributed by atoms with Crippen LogP contribution in [0.3, 0.4) is 0 Å². The van der Waals surface area contributed by atoms with Crippen molar-refractivity contribution in [2.24, 2.45) is 0 Å². The highest BCUT2D eigenvalue weighted by Gasteiger charge is 2.27. The Bertz CT molecular complexity index is 530. The molecular formula is C13H15NO6. The highest BCUT2D eigenvalue weighted by molar-refractivity contribution is 5.97. The van der Waals surface area contributed by atoms with Crippen molar-refractivity contribution in [1.82, 2.24) is 4.90 Å². The number of rotatable bonds is 3. The molecule has 7 heteroatoms. The molecule has 0 bridgehead atoms. The molecule has 1 heterocycles. The molecule has 3 N–H and O–H groups in total. The average Bonchev–Trinajstić information content (AvgIpc) is 2.40. The van der Waals surface area contributed by atoms with Crippen LogP contribution in [0, 0.1) is 0 Å². The van der Waals surface area contributed by atoms with E-state index < -0.39 is 18.0 Å². The minimum Gasteiger partial charge on any atom is -0.508 e. The fourth-order valence-corrected chi connectivity index (χ4v) is 2.09. The first kappa shape index (κ1) is 14.1. The van der Waals surface area contributed by atoms with E-state index in [1.165, 1.54) is 23.1 Å². The first-order valence-electron chi connectivity index (χ1n) is 6.12. The number of phenols is 2. The molecule has 0 radical (unpaired) electrons. The van der Waals surface area contributed by atoms with E-state index in [0.717, 1.165) is 0 Å². The molecule has 0 saturated carbocycles. The Morgan fingerprint density at radius 1 is 1.35 bits per heavy atom. The van der Waals surface area contributed by atoms with Crippen LogP contribution in [-0.2, 0) is 9.53 Å². The van der Waals surface area contributed by atoms with E-state index in [4.69, 9.17) is 9.84 Å². The van der Waals surface area contributed by atoms with Crippen molar-refractivity contribution in [2.75, 3.05) is 19.7 Å². The predicted octanol–water partition coefficient (Wildman–Crippen LogP) is 0.414. The Labute approximate surface area is 115 Å². The molecular weight excluding hydrogens is 266 g/mol. The van der Waals surface area contributed by atoms with E-state index in [-0.39, 0.29) is 36.6 Å². The number of carboxylic acid groups (broad SMARTS) is 1. The highest BCUT2D eigenvalue weighted by atomic mass is 16.5. The molecule has 1 aromatic carbocycles. The van der Waals surface area contributed by atoms with Crippen molar-refractivity contribution in [3.05, 3.63) is 23.8 Å². The molecule has 1 fully saturated rings. The third kappa shape index (κ3) is 3.18. The Morgan fingerprint density at radius 3 is 2.80 bits per heavy atom. The molecule has 1 saturated heterocycles. The number of carbonyl (C=O) groups is 2. The molecule has 2 rings (SSSR count). The van der Waals surface area contributed by atoms with E-state index in [1.807, 2.05) is 0 Å². The molecule has 20 heavy (non-hydrogen) atoms. The summed E-state index contributed by atoms with van der Waals surface area (Å²) in [7, 11) is 0. The maximum atomic E-state index is 12.3. The largest absolute Gasteiger partial charge is 0.508 e. The standard InChI is InChI=1S/C13H15NO6/c15-8-1-2-11(16)10(5-8)13(19)14-3-4-20-9(7-14)6-12(17)18/h1-2,5,9,15-16H,3-4,6-7H2,(H,17,18). The summed E-state index contributed by atoms with van der Waals surface area (Å²) in [6.45, 7) is 0.688. The topological polar surface area (TPSA) is 107 Å². The first-order chi connectivity index (χ1) is 9.47. The Kier molecular flexibility index (Phi) is 4.09. The number of hydrogen-bond acceptors (Lipinski definition) is 5. The van der Waals surface area contributed by atoms with Gasteiger partial charge in [0.05, 0.1) is 24.7 Å². The Hall–Kier alpha value is -2.28. The normalized spacial score (nSPS) is 18.8. The lowest BCUT2D eigenvalue weighted by Gasteiger charge is -2.32. The molecule has 1 amide bonds. The zero-order chi connectivity index (χ0) is 14.7. The summed E-state index contributed by atoms with van der Waals surface area (Å²) in [5, 5.41) is 27.8. The molecule has 1 aliphatic heterocycles. The molecule has 1 unspecified atom stereocenters. The highest BCUT2D eigenvalue weighted by Crippen LogP contribution is 2.24. The monoisotopic (exact) mass is 281 g/mol. The van der Waals surface area contributed by atoms with E-state index in [0.29, 0.717) is 6.54 Å². The second-order valence-corrected chi connectivity index (χ2v) is 4.54. The number of aromatic hydroxyl groups is 2. The van der Waals surface area contributed by atoms with E-state index >= 15 is 0 Å². The summed E-state index contributed by atoms with van der Waals surface area (Å²) in [5.41, 5.74) is -0.0130. The summed E-state index contributed by atoms with van der Waals surface area (Å²) in [4.78, 5) is 24.3. The third-order valence-corrected chi connectivity index (χ3v) is 3.04. The van der Waals surface area contributed by atoms with Crippen LogP contribution < -0.4 is 0 Å². The van der Waals surface area contributed by atoms with Crippen LogP contribution in [0.2, 0.25) is 0 Å². The molecule has 1 aliphatic rings. The van der Waals surface area contributed by atoms with Gasteiger partial charge in [0.2, 0.25) is 0 Å². The quantitative estimate of drug-likeness (QED) is 0.693. The summed E-state index contributed by atoms with van der Waals surface area (Å²) in [6, 6.07) is 3.69. The number of amides is 1. The van der Waals surface area contributed by atoms with Crippen molar-refractivity contribution in [3.63, 3.8) is 0 Å². The molecule has 0 aliphatic carbocycles. The van der Waals surface area contributed by atoms with Crippen LogP contribution >= 0.6 is 0 Å². The zero-order valence-corrected chi connectivity index (χ0v) is 10.7. The van der Waals surface area contributed by atoms with Crippen LogP contribution in [0.25, 0.3) is 0 Å². The van der Waals surface area contributed by atoms with Gasteiger partial charge >= 0.3 is 5.97 Å². The van der Waals surface area contributed by atoms with Gasteiger partial charge in [-0.25, -0.2) is 0 Å². The fraction of sp³-hybridized carbons (Fsp3) is 0.385. The predicted molar refractivity (Wildman–Crippen MR) is 67.7 cm³/mol. The number of ether oxygens (including phenoxy) is 1. The summed E-state index contributed by atoms with van der Waals surface area (Å²) in [5.74, 6) is -1.81. The minimum atomic E-state index is -0.996. The second kappa shape index (κ2) is 5.79. The number of hydrogen-bond donors (Lipinski definition) is 3. The van der Waals surface area contributed by atoms with Crippen molar-refractivity contribution in [1.29, 1.82) is 0 Å². The minimum absolute atomic E-state index is 0.0130. The van der Waals surface area contributed by atoms with Crippen LogP contribution in [0.1, 0.15) is 16.8 Å². The van der Waals surface area contributed by atoms with Crippen molar-refractivity contribution < 1.29 is 29.6 Å². The zero-order valence-electron chi connectivity index (χ0n) is 10.7. The van der Waals surface area contributed by atoms with Crippen LogP contribution in [-0.4, -0.2) is 57.9 Å². The molecule has 0 spiro atoms. The molecule has 1 atom stereocenters. The van der Waals surface area contributed by atoms with Gasteiger partial charge in [-0.2, -0.15) is 0 Å². The summed E-state index contributed by atoms with van der Waals surface area (Å²) >= 11 is 0. The van der Waals surface area contributed by atoms with Gasteiger partial charge in [0, 0.05) is 13.1 Å². The number of carboxylic acids is 1. The van der Waals surface area contributed by atoms with E-state index in [2.05, 4.69) is 0 Å². The van der Waals surface area contributed by atoms with Gasteiger partial charge in [0.1, 0.15) is 11.5 Å². The van der Waals surface area contributed by atoms with Gasteiger partial charge in [-0.1, -0.05) is 0 Å². The van der Waals surface area contributed by atoms with Gasteiger partial charge in [0.15, 0.2) is 0 Å². The lowest BCUT2D eigenvalue weighted by atomic mass is 10.1. The number of morpholine rings is 1. The smallest absolute Gasteiger partial charge is 0.306 e. The van der Waals surface area contributed by atoms with E-state index in [1.54, 1.807) is 0 Å². The average molecular weight is 281 g/mol. The van der Waals surface area contributed by atoms with Gasteiger partial charge in [0.25, 0.3) is 5.91 Å². The second-order valence-electron chi connectivity index (χ2n) is 4.54. The van der Waals surface area contributed by atoms with Gasteiger partial charge < -0.3 is 25.0 Å². The molecule has 7 nitrogen and oxygen atoms in total. The van der Waals surface area contributed by atoms with Crippen LogP contribution in [0.5, 0.6) is 11.5 Å². The van der Waals surface area contributed by atoms with Crippen molar-refractivity contribution >= 4 is 11.9 Å². The number of carbonyl (C=O) groups excluding carboxylic acids is 1. The third-order valence-electron chi connectivity index (χ3n) is 3.04. The summed E-state index contributed by atoms with van der Waals surface area (Å²) in [6.07, 6.45) is -0.750. The van der Waals surface area contributed by atoms with Crippen molar-refractivity contribution in [2.45, 2.75) is 12.5 Å².